The molecule has 0 aliphatic heterocycles. The van der Waals surface area contributed by atoms with Crippen LogP contribution in [0.2, 0.25) is 0 Å². The Kier molecular flexibility index (Phi) is 14.9. The molecule has 89 heavy (non-hydrogen) atoms. The smallest absolute Gasteiger partial charge is 0.0215 e. The quantitative estimate of drug-likeness (QED) is 0.0527. The first kappa shape index (κ1) is 57.1. The van der Waals surface area contributed by atoms with Crippen molar-refractivity contribution in [3.05, 3.63) is 252 Å². The summed E-state index contributed by atoms with van der Waals surface area (Å²) in [6.45, 7) is 14.3. The summed E-state index contributed by atoms with van der Waals surface area (Å²) in [6.07, 6.45) is 19.7. The number of benzene rings is 12. The van der Waals surface area contributed by atoms with E-state index in [1.165, 1.54) is 228 Å². The fraction of sp³-hybridized carbons (Fsp3) is 0.281. The molecule has 0 heterocycles. The molecule has 0 radical (unpaired) electrons. The van der Waals surface area contributed by atoms with Gasteiger partial charge in [0.05, 0.1) is 0 Å². The van der Waals surface area contributed by atoms with Gasteiger partial charge in [-0.2, -0.15) is 0 Å². The molecule has 0 amide bonds. The lowest BCUT2D eigenvalue weighted by Crippen LogP contribution is -2.26. The second kappa shape index (κ2) is 23.2. The molecule has 0 saturated heterocycles. The largest absolute Gasteiger partial charge is 0.0654 e. The van der Waals surface area contributed by atoms with Crippen molar-refractivity contribution in [1.82, 2.24) is 0 Å². The summed E-state index contributed by atoms with van der Waals surface area (Å²) >= 11 is 0. The van der Waals surface area contributed by atoms with Gasteiger partial charge in [-0.15, -0.1) is 0 Å². The van der Waals surface area contributed by atoms with Crippen molar-refractivity contribution in [2.24, 2.45) is 0 Å². The van der Waals surface area contributed by atoms with Gasteiger partial charge >= 0.3 is 0 Å². The molecular weight excluding hydrogens is 1070 g/mol. The Morgan fingerprint density at radius 1 is 0.225 bits per heavy atom. The first-order valence-electron chi connectivity index (χ1n) is 34.4. The first-order chi connectivity index (χ1) is 43.7. The van der Waals surface area contributed by atoms with Gasteiger partial charge in [0.2, 0.25) is 0 Å². The Bertz CT molecular complexity index is 4580. The van der Waals surface area contributed by atoms with Crippen molar-refractivity contribution in [2.45, 2.75) is 161 Å². The van der Waals surface area contributed by atoms with E-state index in [4.69, 9.17) is 0 Å². The molecule has 3 aliphatic carbocycles. The Morgan fingerprint density at radius 3 is 0.854 bits per heavy atom. The van der Waals surface area contributed by atoms with Crippen molar-refractivity contribution >= 4 is 43.1 Å². The second-order valence-corrected chi connectivity index (χ2v) is 27.4. The predicted octanol–water partition coefficient (Wildman–Crippen LogP) is 26.1. The molecule has 0 saturated carbocycles. The van der Waals surface area contributed by atoms with Gasteiger partial charge in [-0.25, -0.2) is 0 Å². The fourth-order valence-electron chi connectivity index (χ4n) is 17.8. The highest BCUT2D eigenvalue weighted by molar-refractivity contribution is 6.30. The van der Waals surface area contributed by atoms with E-state index in [1.54, 1.807) is 16.7 Å². The fourth-order valence-corrected chi connectivity index (χ4v) is 17.8. The molecule has 0 bridgehead atoms. The van der Waals surface area contributed by atoms with Crippen LogP contribution in [0.3, 0.4) is 0 Å². The summed E-state index contributed by atoms with van der Waals surface area (Å²) in [4.78, 5) is 0. The zero-order chi connectivity index (χ0) is 60.4. The van der Waals surface area contributed by atoms with Crippen molar-refractivity contribution in [3.63, 3.8) is 0 Å². The third-order valence-corrected chi connectivity index (χ3v) is 22.1. The van der Waals surface area contributed by atoms with Gasteiger partial charge in [0.15, 0.2) is 0 Å². The van der Waals surface area contributed by atoms with Crippen molar-refractivity contribution in [2.75, 3.05) is 0 Å². The van der Waals surface area contributed by atoms with E-state index in [1.807, 2.05) is 0 Å². The van der Waals surface area contributed by atoms with E-state index in [9.17, 15) is 0 Å². The molecule has 0 atom stereocenters. The first-order valence-corrected chi connectivity index (χ1v) is 34.4. The number of hydrogen-bond donors (Lipinski definition) is 0. The summed E-state index contributed by atoms with van der Waals surface area (Å²) in [7, 11) is 0. The van der Waals surface area contributed by atoms with Crippen LogP contribution in [0.5, 0.6) is 0 Å². The Labute approximate surface area is 530 Å². The lowest BCUT2D eigenvalue weighted by Gasteiger charge is -2.34. The van der Waals surface area contributed by atoms with Gasteiger partial charge in [-0.05, 0) is 204 Å². The van der Waals surface area contributed by atoms with Crippen LogP contribution in [0.4, 0.5) is 0 Å². The minimum absolute atomic E-state index is 0.0490. The molecule has 0 unspecified atom stereocenters. The molecule has 12 aromatic carbocycles. The van der Waals surface area contributed by atoms with E-state index >= 15 is 0 Å². The van der Waals surface area contributed by atoms with E-state index in [-0.39, 0.29) is 16.2 Å². The lowest BCUT2D eigenvalue weighted by atomic mass is 9.69. The van der Waals surface area contributed by atoms with Crippen molar-refractivity contribution in [3.8, 4) is 77.9 Å². The molecule has 442 valence electrons. The van der Waals surface area contributed by atoms with Crippen LogP contribution in [0, 0.1) is 0 Å². The van der Waals surface area contributed by atoms with Crippen molar-refractivity contribution in [1.29, 1.82) is 0 Å². The maximum atomic E-state index is 2.70. The monoisotopic (exact) mass is 1150 g/mol. The molecule has 3 aliphatic rings. The summed E-state index contributed by atoms with van der Waals surface area (Å²) in [5, 5.41) is 10.3. The zero-order valence-corrected chi connectivity index (χ0v) is 53.6. The SMILES string of the molecule is CCCCCC1(CCCCC)c2ccccc2-c2ccc(-c3ccc4c(c3)C(CCCCC)(CCCCC)c3cc(-c5c6ccccc6c(-c6c7ccccc7c(-c7ccc8c(c7)C(C)(C)c7ccccc7-8)c7ccccc67)c6ccccc56)ccc3-4)cc21. The highest BCUT2D eigenvalue weighted by Crippen LogP contribution is 2.60. The summed E-state index contributed by atoms with van der Waals surface area (Å²) in [5.41, 5.74) is 28.0. The summed E-state index contributed by atoms with van der Waals surface area (Å²) in [6, 6.07) is 86.2. The van der Waals surface area contributed by atoms with Gasteiger partial charge in [-0.1, -0.05) is 313 Å². The third kappa shape index (κ3) is 9.11. The van der Waals surface area contributed by atoms with Gasteiger partial charge in [-0.3, -0.25) is 0 Å². The molecule has 0 heteroatoms. The summed E-state index contributed by atoms with van der Waals surface area (Å²) < 4.78 is 0. The minimum atomic E-state index is -0.109. The van der Waals surface area contributed by atoms with Crippen LogP contribution in [0.1, 0.15) is 178 Å². The molecule has 15 rings (SSSR count). The van der Waals surface area contributed by atoms with Crippen LogP contribution in [0.25, 0.3) is 121 Å². The Morgan fingerprint density at radius 2 is 0.483 bits per heavy atom. The molecule has 12 aromatic rings. The second-order valence-electron chi connectivity index (χ2n) is 27.4. The average molecular weight is 1160 g/mol. The Hall–Kier alpha value is -8.32. The highest BCUT2D eigenvalue weighted by atomic mass is 14.5. The van der Waals surface area contributed by atoms with Crippen LogP contribution in [-0.2, 0) is 16.2 Å². The highest BCUT2D eigenvalue weighted by Gasteiger charge is 2.45. The topological polar surface area (TPSA) is 0 Å². The molecular formula is C89H86. The van der Waals surface area contributed by atoms with E-state index in [2.05, 4.69) is 260 Å². The van der Waals surface area contributed by atoms with Crippen LogP contribution < -0.4 is 0 Å². The summed E-state index contributed by atoms with van der Waals surface area (Å²) in [5.74, 6) is 0. The maximum absolute atomic E-state index is 2.70. The maximum Gasteiger partial charge on any atom is 0.0215 e. The molecule has 0 nitrogen and oxygen atoms in total. The number of fused-ring (bicyclic) bond motifs is 13. The van der Waals surface area contributed by atoms with Crippen LogP contribution in [0.15, 0.2) is 218 Å². The van der Waals surface area contributed by atoms with E-state index in [0.717, 1.165) is 12.8 Å². The van der Waals surface area contributed by atoms with Gasteiger partial charge in [0, 0.05) is 16.2 Å². The number of hydrogen-bond acceptors (Lipinski definition) is 0. The lowest BCUT2D eigenvalue weighted by molar-refractivity contribution is 0.405. The van der Waals surface area contributed by atoms with Crippen molar-refractivity contribution < 1.29 is 0 Å². The van der Waals surface area contributed by atoms with Gasteiger partial charge in [0.25, 0.3) is 0 Å². The molecule has 0 aromatic heterocycles. The third-order valence-electron chi connectivity index (χ3n) is 22.1. The molecule has 0 fully saturated rings. The predicted molar refractivity (Wildman–Crippen MR) is 385 cm³/mol. The van der Waals surface area contributed by atoms with Gasteiger partial charge in [0.1, 0.15) is 0 Å². The van der Waals surface area contributed by atoms with E-state index < -0.39 is 0 Å². The Balaban J connectivity index is 0.898. The van der Waals surface area contributed by atoms with Crippen LogP contribution >= 0.6 is 0 Å². The number of unbranched alkanes of at least 4 members (excludes halogenated alkanes) is 8. The van der Waals surface area contributed by atoms with E-state index in [0.29, 0.717) is 0 Å². The standard InChI is InChI=1S/C89H86/c1-7-11-27-51-88(52-28-12-8-2)78-42-26-24-32-64(78)66-47-43-59(55-80(66)88)60-44-48-67-68-50-46-62(58-82(68)89(81(67)56-60,53-29-13-9-3)54-30-14-10-4)84-71-35-17-21-39-75(71)86(76-40-22-18-36-72(76)84)85-73-37-19-15-33-69(73)83(70-34-16-20-38-74(70)85)61-45-49-65-63-31-23-25-41-77(63)87(5,6)79(65)57-61/h15-26,31-50,55-58H,7-14,27-30,51-54H2,1-6H3. The van der Waals surface area contributed by atoms with Gasteiger partial charge < -0.3 is 0 Å². The average Bonchev–Trinajstić information content (AvgIpc) is 2.04. The number of rotatable bonds is 20. The molecule has 0 N–H and O–H groups in total. The normalized spacial score (nSPS) is 14.5. The van der Waals surface area contributed by atoms with Crippen LogP contribution in [-0.4, -0.2) is 0 Å². The minimum Gasteiger partial charge on any atom is -0.0654 e. The molecule has 0 spiro atoms. The zero-order valence-electron chi connectivity index (χ0n) is 53.6.